The van der Waals surface area contributed by atoms with Gasteiger partial charge in [-0.3, -0.25) is 9.98 Å². The molecule has 4 N–H and O–H groups in total. The molecule has 166 valence electrons. The predicted molar refractivity (Wildman–Crippen MR) is 142 cm³/mol. The summed E-state index contributed by atoms with van der Waals surface area (Å²) in [5.74, 6) is 1.51. The van der Waals surface area contributed by atoms with Crippen LogP contribution in [0.25, 0.3) is 0 Å². The lowest BCUT2D eigenvalue weighted by Crippen LogP contribution is -2.41. The Morgan fingerprint density at radius 3 is 1.21 bits per heavy atom. The Morgan fingerprint density at radius 2 is 0.893 bits per heavy atom. The zero-order chi connectivity index (χ0) is 18.5. The first-order valence-corrected chi connectivity index (χ1v) is 10.9. The molecule has 0 aliphatic carbocycles. The van der Waals surface area contributed by atoms with Gasteiger partial charge in [-0.25, -0.2) is 0 Å². The average molecular weight is 620 g/mol. The topological polar surface area (TPSA) is 83.2 Å². The van der Waals surface area contributed by atoms with E-state index in [0.717, 1.165) is 64.0 Å². The lowest BCUT2D eigenvalue weighted by molar-refractivity contribution is 0.372. The van der Waals surface area contributed by atoms with Crippen LogP contribution in [0.5, 0.6) is 0 Å². The highest BCUT2D eigenvalue weighted by atomic mass is 127. The third-order valence-corrected chi connectivity index (χ3v) is 5.47. The Labute approximate surface area is 206 Å². The lowest BCUT2D eigenvalue weighted by atomic mass is 10.1. The number of unbranched alkanes of at least 4 members (excludes halogenated alkanes) is 9. The molecule has 2 heterocycles. The number of rotatable bonds is 13. The van der Waals surface area contributed by atoms with Crippen molar-refractivity contribution >= 4 is 59.9 Å². The molecule has 28 heavy (non-hydrogen) atoms. The maximum Gasteiger partial charge on any atom is 0.191 e. The van der Waals surface area contributed by atoms with Gasteiger partial charge in [0.15, 0.2) is 11.9 Å². The summed E-state index contributed by atoms with van der Waals surface area (Å²) in [6, 6.07) is 0. The van der Waals surface area contributed by atoms with E-state index in [1.165, 1.54) is 64.2 Å². The van der Waals surface area contributed by atoms with Crippen LogP contribution in [0, 0.1) is 0 Å². The van der Waals surface area contributed by atoms with Crippen LogP contribution in [0.2, 0.25) is 0 Å². The molecule has 0 bridgehead atoms. The number of guanidine groups is 2. The van der Waals surface area contributed by atoms with E-state index in [-0.39, 0.29) is 48.0 Å². The first-order chi connectivity index (χ1) is 12.8. The first-order valence-electron chi connectivity index (χ1n) is 10.9. The third kappa shape index (κ3) is 11.9. The highest BCUT2D eigenvalue weighted by molar-refractivity contribution is 14.0. The van der Waals surface area contributed by atoms with Crippen LogP contribution in [0.3, 0.4) is 0 Å². The lowest BCUT2D eigenvalue weighted by Gasteiger charge is -2.26. The molecule has 0 radical (unpaired) electrons. The second-order valence-corrected chi connectivity index (χ2v) is 7.70. The molecule has 6 nitrogen and oxygen atoms in total. The van der Waals surface area contributed by atoms with Crippen LogP contribution in [0.1, 0.15) is 77.0 Å². The van der Waals surface area contributed by atoms with Gasteiger partial charge in [0.05, 0.1) is 0 Å². The van der Waals surface area contributed by atoms with Gasteiger partial charge in [-0.05, 0) is 25.7 Å². The van der Waals surface area contributed by atoms with E-state index in [2.05, 4.69) is 19.8 Å². The fraction of sp³-hybridized carbons (Fsp3) is 0.900. The van der Waals surface area contributed by atoms with Crippen molar-refractivity contribution in [3.63, 3.8) is 0 Å². The highest BCUT2D eigenvalue weighted by Gasteiger charge is 2.11. The smallest absolute Gasteiger partial charge is 0.191 e. The Balaban J connectivity index is 0.00000364. The number of hydrogen-bond acceptors (Lipinski definition) is 6. The van der Waals surface area contributed by atoms with Gasteiger partial charge in [-0.2, -0.15) is 0 Å². The summed E-state index contributed by atoms with van der Waals surface area (Å²) in [5.41, 5.74) is 11.8. The van der Waals surface area contributed by atoms with E-state index in [9.17, 15) is 0 Å². The maximum atomic E-state index is 5.92. The van der Waals surface area contributed by atoms with Gasteiger partial charge in [0.2, 0.25) is 0 Å². The van der Waals surface area contributed by atoms with Crippen molar-refractivity contribution in [2.45, 2.75) is 77.0 Å². The monoisotopic (exact) mass is 620 g/mol. The van der Waals surface area contributed by atoms with Crippen LogP contribution in [-0.4, -0.2) is 61.0 Å². The highest BCUT2D eigenvalue weighted by Crippen LogP contribution is 2.12. The Morgan fingerprint density at radius 1 is 0.571 bits per heavy atom. The van der Waals surface area contributed by atoms with Crippen LogP contribution in [0.4, 0.5) is 0 Å². The van der Waals surface area contributed by atoms with Crippen LogP contribution < -0.4 is 11.5 Å². The Hall–Kier alpha value is 0. The SMILES string of the molecule is I.I.NC1=NCCCN1CCCCCCCCCCCCN1CCCN=C1N. The van der Waals surface area contributed by atoms with Gasteiger partial charge >= 0.3 is 0 Å². The summed E-state index contributed by atoms with van der Waals surface area (Å²) in [5, 5.41) is 0. The van der Waals surface area contributed by atoms with Gasteiger partial charge in [0.25, 0.3) is 0 Å². The van der Waals surface area contributed by atoms with E-state index >= 15 is 0 Å². The maximum absolute atomic E-state index is 5.92. The number of nitrogens with zero attached hydrogens (tertiary/aromatic N) is 4. The summed E-state index contributed by atoms with van der Waals surface area (Å²) < 4.78 is 0. The molecule has 2 aliphatic heterocycles. The normalized spacial score (nSPS) is 16.7. The molecule has 0 unspecified atom stereocenters. The molecule has 2 aliphatic rings. The fourth-order valence-electron chi connectivity index (χ4n) is 3.81. The molecule has 0 saturated heterocycles. The van der Waals surface area contributed by atoms with Crippen molar-refractivity contribution in [3.05, 3.63) is 0 Å². The van der Waals surface area contributed by atoms with Gasteiger partial charge in [0.1, 0.15) is 0 Å². The molecule has 0 spiro atoms. The molecule has 0 amide bonds. The van der Waals surface area contributed by atoms with E-state index < -0.39 is 0 Å². The zero-order valence-electron chi connectivity index (χ0n) is 17.5. The summed E-state index contributed by atoms with van der Waals surface area (Å²) in [4.78, 5) is 13.1. The van der Waals surface area contributed by atoms with Crippen molar-refractivity contribution < 1.29 is 0 Å². The quantitative estimate of drug-likeness (QED) is 0.240. The second kappa shape index (κ2) is 17.8. The first kappa shape index (κ1) is 28.0. The molecule has 0 atom stereocenters. The van der Waals surface area contributed by atoms with Gasteiger partial charge in [-0.1, -0.05) is 51.4 Å². The number of halogens is 2. The molecule has 0 aromatic carbocycles. The molecule has 8 heteroatoms. The molecular formula is C20H42I2N6. The van der Waals surface area contributed by atoms with E-state index in [0.29, 0.717) is 0 Å². The van der Waals surface area contributed by atoms with Crippen molar-refractivity contribution in [2.75, 3.05) is 39.3 Å². The third-order valence-electron chi connectivity index (χ3n) is 5.47. The van der Waals surface area contributed by atoms with Crippen molar-refractivity contribution in [1.29, 1.82) is 0 Å². The van der Waals surface area contributed by atoms with E-state index in [1.54, 1.807) is 0 Å². The van der Waals surface area contributed by atoms with Crippen LogP contribution >= 0.6 is 48.0 Å². The van der Waals surface area contributed by atoms with Crippen LogP contribution in [-0.2, 0) is 0 Å². The van der Waals surface area contributed by atoms with Gasteiger partial charge in [-0.15, -0.1) is 48.0 Å². The minimum Gasteiger partial charge on any atom is -0.370 e. The standard InChI is InChI=1S/C20H40N6.2HI/c21-19-23-13-11-17-25(19)15-9-7-5-3-1-2-4-6-8-10-16-26-18-12-14-24-20(26)22;;/h1-18H2,(H2,21,23)(H2,22,24);2*1H. The van der Waals surface area contributed by atoms with Crippen molar-refractivity contribution in [3.8, 4) is 0 Å². The molecule has 0 fully saturated rings. The van der Waals surface area contributed by atoms with Gasteiger partial charge < -0.3 is 21.3 Å². The summed E-state index contributed by atoms with van der Waals surface area (Å²) in [7, 11) is 0. The van der Waals surface area contributed by atoms with Crippen molar-refractivity contribution in [1.82, 2.24) is 9.80 Å². The summed E-state index contributed by atoms with van der Waals surface area (Å²) in [6.07, 6.45) is 15.7. The number of hydrogen-bond donors (Lipinski definition) is 2. The number of aliphatic imine (C=N–C) groups is 2. The molecule has 2 rings (SSSR count). The zero-order valence-corrected chi connectivity index (χ0v) is 22.1. The van der Waals surface area contributed by atoms with Crippen molar-refractivity contribution in [2.24, 2.45) is 21.5 Å². The predicted octanol–water partition coefficient (Wildman–Crippen LogP) is 4.16. The minimum atomic E-state index is 0. The largest absolute Gasteiger partial charge is 0.370 e. The van der Waals surface area contributed by atoms with Gasteiger partial charge in [0, 0.05) is 39.3 Å². The summed E-state index contributed by atoms with van der Waals surface area (Å²) in [6.45, 7) is 6.16. The Kier molecular flexibility index (Phi) is 17.8. The molecule has 0 saturated carbocycles. The molecule has 0 aromatic rings. The second-order valence-electron chi connectivity index (χ2n) is 7.70. The Bertz CT molecular complexity index is 404. The summed E-state index contributed by atoms with van der Waals surface area (Å²) >= 11 is 0. The molecular weight excluding hydrogens is 578 g/mol. The average Bonchev–Trinajstić information content (AvgIpc) is 2.65. The fourth-order valence-corrected chi connectivity index (χ4v) is 3.81. The van der Waals surface area contributed by atoms with E-state index in [4.69, 9.17) is 11.5 Å². The number of nitrogens with two attached hydrogens (primary N) is 2. The van der Waals surface area contributed by atoms with Crippen LogP contribution in [0.15, 0.2) is 9.98 Å². The minimum absolute atomic E-state index is 0. The molecule has 0 aromatic heterocycles. The van der Waals surface area contributed by atoms with E-state index in [1.807, 2.05) is 0 Å².